The van der Waals surface area contributed by atoms with Crippen LogP contribution in [-0.4, -0.2) is 5.11 Å². The van der Waals surface area contributed by atoms with Gasteiger partial charge in [-0.25, -0.2) is 0 Å². The Morgan fingerprint density at radius 1 is 0.708 bits per heavy atom. The first-order chi connectivity index (χ1) is 11.6. The molecule has 0 saturated heterocycles. The van der Waals surface area contributed by atoms with E-state index in [0.717, 1.165) is 49.5 Å². The van der Waals surface area contributed by atoms with Crippen LogP contribution in [0.2, 0.25) is 0 Å². The van der Waals surface area contributed by atoms with E-state index < -0.39 is 0 Å². The Morgan fingerprint density at radius 3 is 1.83 bits per heavy atom. The number of fused-ring (bicyclic) bond motifs is 2. The van der Waals surface area contributed by atoms with E-state index in [1.807, 2.05) is 50.2 Å². The smallest absolute Gasteiger partial charge is 0.127 e. The molecule has 118 valence electrons. The zero-order valence-corrected chi connectivity index (χ0v) is 13.8. The van der Waals surface area contributed by atoms with Gasteiger partial charge in [-0.3, -0.25) is 0 Å². The van der Waals surface area contributed by atoms with Crippen LogP contribution in [-0.2, 0) is 0 Å². The third-order valence-electron chi connectivity index (χ3n) is 4.76. The normalized spacial score (nSPS) is 11.2. The molecule has 4 aromatic carbocycles. The van der Waals surface area contributed by atoms with Crippen molar-refractivity contribution in [3.05, 3.63) is 71.8 Å². The molecule has 0 fully saturated rings. The van der Waals surface area contributed by atoms with Gasteiger partial charge in [0.15, 0.2) is 0 Å². The lowest BCUT2D eigenvalue weighted by atomic mass is 9.89. The molecule has 0 radical (unpaired) electrons. The summed E-state index contributed by atoms with van der Waals surface area (Å²) in [7, 11) is 0. The van der Waals surface area contributed by atoms with E-state index >= 15 is 0 Å². The fourth-order valence-corrected chi connectivity index (χ4v) is 3.50. The van der Waals surface area contributed by atoms with Gasteiger partial charge in [0.1, 0.15) is 5.75 Å². The van der Waals surface area contributed by atoms with Gasteiger partial charge in [-0.15, -0.1) is 0 Å². The Kier molecular flexibility index (Phi) is 3.20. The Labute approximate surface area is 141 Å². The van der Waals surface area contributed by atoms with Crippen molar-refractivity contribution < 1.29 is 5.11 Å². The summed E-state index contributed by atoms with van der Waals surface area (Å²) in [5.74, 6) is 0.302. The van der Waals surface area contributed by atoms with E-state index in [2.05, 4.69) is 24.3 Å². The van der Waals surface area contributed by atoms with Crippen molar-refractivity contribution in [3.63, 3.8) is 0 Å². The van der Waals surface area contributed by atoms with Crippen molar-refractivity contribution in [2.45, 2.75) is 13.8 Å². The number of phenolic OH excluding ortho intramolecular Hbond substituents is 1. The van der Waals surface area contributed by atoms with Gasteiger partial charge in [-0.05, 0) is 58.7 Å². The van der Waals surface area contributed by atoms with Crippen LogP contribution in [0.25, 0.3) is 32.7 Å². The molecule has 0 bridgehead atoms. The van der Waals surface area contributed by atoms with Crippen LogP contribution in [0.1, 0.15) is 11.1 Å². The summed E-state index contributed by atoms with van der Waals surface area (Å²) < 4.78 is 0. The van der Waals surface area contributed by atoms with Crippen molar-refractivity contribution in [2.24, 2.45) is 0 Å². The molecule has 24 heavy (non-hydrogen) atoms. The second-order valence-electron chi connectivity index (χ2n) is 6.34. The van der Waals surface area contributed by atoms with Gasteiger partial charge in [0.2, 0.25) is 0 Å². The summed E-state index contributed by atoms with van der Waals surface area (Å²) in [6.07, 6.45) is 0. The molecule has 0 saturated carbocycles. The first-order valence-corrected chi connectivity index (χ1v) is 8.07. The fraction of sp³-hybridized carbons (Fsp3) is 0.0909. The molecule has 0 aliphatic heterocycles. The molecule has 0 atom stereocenters. The Bertz CT molecular complexity index is 1010. The Hall–Kier alpha value is -3.00. The van der Waals surface area contributed by atoms with Gasteiger partial charge in [-0.2, -0.15) is 0 Å². The number of rotatable bonds is 1. The first kappa shape index (κ1) is 14.6. The molecule has 0 unspecified atom stereocenters. The van der Waals surface area contributed by atoms with Crippen LogP contribution < -0.4 is 5.73 Å². The van der Waals surface area contributed by atoms with E-state index in [1.165, 1.54) is 0 Å². The van der Waals surface area contributed by atoms with Gasteiger partial charge < -0.3 is 10.8 Å². The highest BCUT2D eigenvalue weighted by Crippen LogP contribution is 2.45. The molecule has 0 spiro atoms. The van der Waals surface area contributed by atoms with Crippen molar-refractivity contribution in [1.29, 1.82) is 0 Å². The maximum Gasteiger partial charge on any atom is 0.127 e. The molecule has 0 aliphatic carbocycles. The van der Waals surface area contributed by atoms with E-state index in [4.69, 9.17) is 5.73 Å². The predicted molar refractivity (Wildman–Crippen MR) is 102 cm³/mol. The summed E-state index contributed by atoms with van der Waals surface area (Å²) >= 11 is 0. The van der Waals surface area contributed by atoms with Gasteiger partial charge in [0.05, 0.1) is 0 Å². The van der Waals surface area contributed by atoms with E-state index in [0.29, 0.717) is 5.75 Å². The summed E-state index contributed by atoms with van der Waals surface area (Å²) in [6.45, 7) is 3.94. The van der Waals surface area contributed by atoms with Gasteiger partial charge in [-0.1, -0.05) is 48.5 Å². The van der Waals surface area contributed by atoms with Crippen LogP contribution in [0.4, 0.5) is 5.69 Å². The number of aromatic hydroxyl groups is 1. The largest absolute Gasteiger partial charge is 0.507 e. The third-order valence-corrected chi connectivity index (χ3v) is 4.76. The molecule has 0 amide bonds. The lowest BCUT2D eigenvalue weighted by Crippen LogP contribution is -1.97. The average molecular weight is 313 g/mol. The van der Waals surface area contributed by atoms with Gasteiger partial charge in [0, 0.05) is 16.8 Å². The van der Waals surface area contributed by atoms with Gasteiger partial charge >= 0.3 is 0 Å². The highest BCUT2D eigenvalue weighted by atomic mass is 16.3. The number of anilines is 1. The maximum absolute atomic E-state index is 10.9. The summed E-state index contributed by atoms with van der Waals surface area (Å²) in [4.78, 5) is 0. The molecule has 0 aromatic heterocycles. The molecule has 4 aromatic rings. The van der Waals surface area contributed by atoms with Crippen LogP contribution in [0.15, 0.2) is 60.7 Å². The maximum atomic E-state index is 10.9. The highest BCUT2D eigenvalue weighted by molar-refractivity contribution is 6.12. The molecule has 4 rings (SSSR count). The molecule has 2 heteroatoms. The minimum absolute atomic E-state index is 0.302. The van der Waals surface area contributed by atoms with Crippen LogP contribution in [0.5, 0.6) is 5.75 Å². The highest BCUT2D eigenvalue weighted by Gasteiger charge is 2.18. The molecule has 2 nitrogen and oxygen atoms in total. The van der Waals surface area contributed by atoms with Crippen molar-refractivity contribution in [1.82, 2.24) is 0 Å². The van der Waals surface area contributed by atoms with E-state index in [1.54, 1.807) is 0 Å². The zero-order valence-electron chi connectivity index (χ0n) is 13.8. The van der Waals surface area contributed by atoms with Crippen LogP contribution >= 0.6 is 0 Å². The second kappa shape index (κ2) is 5.27. The fourth-order valence-electron chi connectivity index (χ4n) is 3.50. The first-order valence-electron chi connectivity index (χ1n) is 8.07. The summed E-state index contributed by atoms with van der Waals surface area (Å²) in [6, 6.07) is 20.4. The quantitative estimate of drug-likeness (QED) is 0.452. The molecular formula is C22H19NO. The standard InChI is InChI=1S/C22H19NO/c1-13-11-15-7-3-5-9-17(15)19(21(13)23)20-18-10-6-4-8-16(18)12-14(2)22(20)24/h3-12,24H,23H2,1-2H3. The van der Waals surface area contributed by atoms with E-state index in [9.17, 15) is 5.11 Å². The summed E-state index contributed by atoms with van der Waals surface area (Å²) in [5, 5.41) is 15.2. The molecular weight excluding hydrogens is 294 g/mol. The van der Waals surface area contributed by atoms with Crippen molar-refractivity contribution in [3.8, 4) is 16.9 Å². The Morgan fingerprint density at radius 2 is 1.21 bits per heavy atom. The number of phenols is 1. The zero-order chi connectivity index (χ0) is 16.8. The number of nitrogen functional groups attached to an aromatic ring is 1. The van der Waals surface area contributed by atoms with Gasteiger partial charge in [0.25, 0.3) is 0 Å². The number of aryl methyl sites for hydroxylation is 2. The topological polar surface area (TPSA) is 46.2 Å². The number of benzene rings is 4. The number of hydrogen-bond acceptors (Lipinski definition) is 2. The molecule has 0 aliphatic rings. The minimum Gasteiger partial charge on any atom is -0.507 e. The predicted octanol–water partition coefficient (Wildman–Crippen LogP) is 5.56. The van der Waals surface area contributed by atoms with Crippen molar-refractivity contribution >= 4 is 27.2 Å². The minimum atomic E-state index is 0.302. The molecule has 3 N–H and O–H groups in total. The number of hydrogen-bond donors (Lipinski definition) is 2. The second-order valence-corrected chi connectivity index (χ2v) is 6.34. The summed E-state index contributed by atoms with van der Waals surface area (Å²) in [5.41, 5.74) is 10.8. The lowest BCUT2D eigenvalue weighted by Gasteiger charge is -2.18. The van der Waals surface area contributed by atoms with Crippen LogP contribution in [0, 0.1) is 13.8 Å². The molecule has 0 heterocycles. The Balaban J connectivity index is 2.26. The van der Waals surface area contributed by atoms with Crippen molar-refractivity contribution in [2.75, 3.05) is 5.73 Å². The monoisotopic (exact) mass is 313 g/mol. The SMILES string of the molecule is Cc1cc2ccccc2c(-c2c(O)c(C)cc3ccccc23)c1N. The average Bonchev–Trinajstić information content (AvgIpc) is 2.58. The van der Waals surface area contributed by atoms with E-state index in [-0.39, 0.29) is 0 Å². The third kappa shape index (κ3) is 2.04. The lowest BCUT2D eigenvalue weighted by molar-refractivity contribution is 0.474. The van der Waals surface area contributed by atoms with Crippen LogP contribution in [0.3, 0.4) is 0 Å². The number of nitrogens with two attached hydrogens (primary N) is 1.